The van der Waals surface area contributed by atoms with Gasteiger partial charge in [0.25, 0.3) is 0 Å². The van der Waals surface area contributed by atoms with Crippen LogP contribution in [0.2, 0.25) is 0 Å². The first kappa shape index (κ1) is 17.4. The second kappa shape index (κ2) is 7.23. The van der Waals surface area contributed by atoms with Gasteiger partial charge in [-0.25, -0.2) is 0 Å². The molecule has 25 heavy (non-hydrogen) atoms. The number of benzene rings is 2. The van der Waals surface area contributed by atoms with Gasteiger partial charge in [0, 0.05) is 12.1 Å². The summed E-state index contributed by atoms with van der Waals surface area (Å²) >= 11 is 0. The summed E-state index contributed by atoms with van der Waals surface area (Å²) in [5.41, 5.74) is 3.56. The first-order valence-corrected chi connectivity index (χ1v) is 8.30. The Kier molecular flexibility index (Phi) is 5.04. The first-order chi connectivity index (χ1) is 12.1. The molecule has 5 heteroatoms. The Labute approximate surface area is 149 Å². The van der Waals surface area contributed by atoms with E-state index in [9.17, 15) is 0 Å². The average molecular weight is 343 g/mol. The van der Waals surface area contributed by atoms with Gasteiger partial charge in [0.1, 0.15) is 0 Å². The highest BCUT2D eigenvalue weighted by atomic mass is 16.5. The predicted molar refractivity (Wildman–Crippen MR) is 97.3 cm³/mol. The van der Waals surface area contributed by atoms with E-state index in [2.05, 4.69) is 30.1 Å². The number of nitrogens with zero attached hydrogens (tertiary/aromatic N) is 1. The molecule has 1 aliphatic rings. The van der Waals surface area contributed by atoms with Gasteiger partial charge in [-0.05, 0) is 42.8 Å². The zero-order valence-corrected chi connectivity index (χ0v) is 15.5. The van der Waals surface area contributed by atoms with Crippen molar-refractivity contribution in [3.63, 3.8) is 0 Å². The molecule has 5 nitrogen and oxygen atoms in total. The minimum Gasteiger partial charge on any atom is -0.493 e. The second-order valence-electron chi connectivity index (χ2n) is 6.12. The summed E-state index contributed by atoms with van der Waals surface area (Å²) in [5, 5.41) is 0. The number of ether oxygens (including phenoxy) is 4. The van der Waals surface area contributed by atoms with Crippen LogP contribution in [0.25, 0.3) is 0 Å². The van der Waals surface area contributed by atoms with E-state index in [4.69, 9.17) is 18.9 Å². The van der Waals surface area contributed by atoms with Crippen molar-refractivity contribution >= 4 is 0 Å². The molecule has 0 radical (unpaired) electrons. The van der Waals surface area contributed by atoms with E-state index < -0.39 is 0 Å². The maximum atomic E-state index is 5.68. The van der Waals surface area contributed by atoms with Gasteiger partial charge in [0.15, 0.2) is 23.0 Å². The largest absolute Gasteiger partial charge is 0.493 e. The summed E-state index contributed by atoms with van der Waals surface area (Å²) in [6.07, 6.45) is 0.967. The Morgan fingerprint density at radius 3 is 2.16 bits per heavy atom. The van der Waals surface area contributed by atoms with Crippen molar-refractivity contribution in [2.24, 2.45) is 0 Å². The minimum atomic E-state index is 0.0635. The molecule has 1 aliphatic heterocycles. The second-order valence-corrected chi connectivity index (χ2v) is 6.12. The number of rotatable bonds is 5. The number of likely N-dealkylation sites (N-methyl/N-ethyl adjacent to an activating group) is 1. The van der Waals surface area contributed by atoms with E-state index in [0.717, 1.165) is 41.5 Å². The Bertz CT molecular complexity index is 760. The summed E-state index contributed by atoms with van der Waals surface area (Å²) in [5.74, 6) is 3.01. The summed E-state index contributed by atoms with van der Waals surface area (Å²) in [6.45, 7) is 0.952. The number of para-hydroxylation sites is 1. The van der Waals surface area contributed by atoms with Crippen LogP contribution in [0, 0.1) is 0 Å². The van der Waals surface area contributed by atoms with Crippen LogP contribution in [-0.4, -0.2) is 46.9 Å². The summed E-state index contributed by atoms with van der Waals surface area (Å²) in [4.78, 5) is 2.32. The summed E-state index contributed by atoms with van der Waals surface area (Å²) in [7, 11) is 8.80. The van der Waals surface area contributed by atoms with Gasteiger partial charge in [-0.1, -0.05) is 12.1 Å². The molecule has 2 aromatic rings. The van der Waals surface area contributed by atoms with E-state index in [1.54, 1.807) is 28.4 Å². The van der Waals surface area contributed by atoms with Crippen LogP contribution in [0.5, 0.6) is 23.0 Å². The van der Waals surface area contributed by atoms with Crippen LogP contribution < -0.4 is 18.9 Å². The predicted octanol–water partition coefficient (Wildman–Crippen LogP) is 3.30. The van der Waals surface area contributed by atoms with Gasteiger partial charge in [0.05, 0.1) is 34.5 Å². The molecule has 0 fully saturated rings. The molecule has 1 heterocycles. The van der Waals surface area contributed by atoms with Crippen molar-refractivity contribution < 1.29 is 18.9 Å². The lowest BCUT2D eigenvalue weighted by Gasteiger charge is -2.36. The number of hydrogen-bond acceptors (Lipinski definition) is 5. The SMILES string of the molecule is COc1cc2c(cc1OC)[C@@H](c1cccc(OC)c1OC)N(C)CC2. The topological polar surface area (TPSA) is 40.2 Å². The van der Waals surface area contributed by atoms with Gasteiger partial charge < -0.3 is 18.9 Å². The molecular weight excluding hydrogens is 318 g/mol. The van der Waals surface area contributed by atoms with E-state index in [0.29, 0.717) is 0 Å². The smallest absolute Gasteiger partial charge is 0.165 e. The zero-order valence-electron chi connectivity index (χ0n) is 15.5. The molecule has 0 amide bonds. The number of methoxy groups -OCH3 is 4. The number of fused-ring (bicyclic) bond motifs is 1. The van der Waals surface area contributed by atoms with Gasteiger partial charge in [-0.3, -0.25) is 4.90 Å². The van der Waals surface area contributed by atoms with Crippen LogP contribution in [0.3, 0.4) is 0 Å². The van der Waals surface area contributed by atoms with Crippen molar-refractivity contribution in [3.8, 4) is 23.0 Å². The molecule has 0 aliphatic carbocycles. The Morgan fingerprint density at radius 1 is 0.840 bits per heavy atom. The maximum Gasteiger partial charge on any atom is 0.165 e. The molecule has 0 bridgehead atoms. The lowest BCUT2D eigenvalue weighted by Crippen LogP contribution is -2.33. The highest BCUT2D eigenvalue weighted by Gasteiger charge is 2.31. The Morgan fingerprint density at radius 2 is 1.52 bits per heavy atom. The van der Waals surface area contributed by atoms with E-state index in [-0.39, 0.29) is 6.04 Å². The zero-order chi connectivity index (χ0) is 18.0. The third-order valence-corrected chi connectivity index (χ3v) is 4.84. The van der Waals surface area contributed by atoms with Crippen LogP contribution in [-0.2, 0) is 6.42 Å². The van der Waals surface area contributed by atoms with Gasteiger partial charge in [-0.2, -0.15) is 0 Å². The molecular formula is C20H25NO4. The lowest BCUT2D eigenvalue weighted by molar-refractivity contribution is 0.254. The van der Waals surface area contributed by atoms with Crippen molar-refractivity contribution in [2.75, 3.05) is 42.0 Å². The molecule has 134 valence electrons. The Balaban J connectivity index is 2.19. The average Bonchev–Trinajstić information content (AvgIpc) is 2.66. The third kappa shape index (κ3) is 3.00. The normalized spacial score (nSPS) is 16.9. The van der Waals surface area contributed by atoms with Crippen molar-refractivity contribution in [1.82, 2.24) is 4.90 Å². The molecule has 0 unspecified atom stereocenters. The molecule has 0 N–H and O–H groups in total. The number of hydrogen-bond donors (Lipinski definition) is 0. The highest BCUT2D eigenvalue weighted by molar-refractivity contribution is 5.56. The summed E-state index contributed by atoms with van der Waals surface area (Å²) in [6, 6.07) is 10.2. The van der Waals surface area contributed by atoms with Crippen LogP contribution >= 0.6 is 0 Å². The van der Waals surface area contributed by atoms with Crippen molar-refractivity contribution in [1.29, 1.82) is 0 Å². The Hall–Kier alpha value is -2.40. The van der Waals surface area contributed by atoms with E-state index in [1.807, 2.05) is 12.1 Å². The fourth-order valence-electron chi connectivity index (χ4n) is 3.60. The van der Waals surface area contributed by atoms with Crippen LogP contribution in [0.15, 0.2) is 30.3 Å². The minimum absolute atomic E-state index is 0.0635. The van der Waals surface area contributed by atoms with Crippen LogP contribution in [0.4, 0.5) is 0 Å². The standard InChI is InChI=1S/C20H25NO4/c1-21-10-9-13-11-17(23-3)18(24-4)12-15(13)19(21)14-7-6-8-16(22-2)20(14)25-5/h6-8,11-12,19H,9-10H2,1-5H3/t19-/m1/s1. The lowest BCUT2D eigenvalue weighted by atomic mass is 9.87. The molecule has 1 atom stereocenters. The first-order valence-electron chi connectivity index (χ1n) is 8.30. The fraction of sp³-hybridized carbons (Fsp3) is 0.400. The molecule has 0 spiro atoms. The monoisotopic (exact) mass is 343 g/mol. The van der Waals surface area contributed by atoms with Gasteiger partial charge in [0.2, 0.25) is 0 Å². The fourth-order valence-corrected chi connectivity index (χ4v) is 3.60. The molecule has 0 aromatic heterocycles. The van der Waals surface area contributed by atoms with E-state index in [1.165, 1.54) is 11.1 Å². The molecule has 2 aromatic carbocycles. The summed E-state index contributed by atoms with van der Waals surface area (Å²) < 4.78 is 22.2. The maximum absolute atomic E-state index is 5.68. The van der Waals surface area contributed by atoms with Gasteiger partial charge >= 0.3 is 0 Å². The van der Waals surface area contributed by atoms with Crippen molar-refractivity contribution in [3.05, 3.63) is 47.0 Å². The van der Waals surface area contributed by atoms with Crippen LogP contribution in [0.1, 0.15) is 22.7 Å². The quantitative estimate of drug-likeness (QED) is 0.833. The highest BCUT2D eigenvalue weighted by Crippen LogP contribution is 2.44. The molecule has 0 saturated carbocycles. The van der Waals surface area contributed by atoms with E-state index >= 15 is 0 Å². The molecule has 3 rings (SSSR count). The molecule has 0 saturated heterocycles. The van der Waals surface area contributed by atoms with Crippen molar-refractivity contribution in [2.45, 2.75) is 12.5 Å². The van der Waals surface area contributed by atoms with Gasteiger partial charge in [-0.15, -0.1) is 0 Å². The third-order valence-electron chi connectivity index (χ3n) is 4.84.